The summed E-state index contributed by atoms with van der Waals surface area (Å²) in [4.78, 5) is 39.9. The Morgan fingerprint density at radius 1 is 1.06 bits per heavy atom. The third kappa shape index (κ3) is 6.95. The van der Waals surface area contributed by atoms with Crippen LogP contribution in [-0.4, -0.2) is 58.3 Å². The summed E-state index contributed by atoms with van der Waals surface area (Å²) < 4.78 is 5.17. The molecule has 0 aliphatic heterocycles. The van der Waals surface area contributed by atoms with E-state index in [0.717, 1.165) is 16.0 Å². The van der Waals surface area contributed by atoms with Crippen molar-refractivity contribution in [1.29, 1.82) is 0 Å². The number of carbonyl (C=O) groups is 3. The molecule has 0 saturated heterocycles. The molecule has 0 aromatic heterocycles. The topological polar surface area (TPSA) is 128 Å². The molecule has 2 aromatic carbocycles. The van der Waals surface area contributed by atoms with E-state index < -0.39 is 42.2 Å². The lowest BCUT2D eigenvalue weighted by Crippen LogP contribution is -2.52. The minimum absolute atomic E-state index is 0.0752. The zero-order chi connectivity index (χ0) is 25.6. The molecule has 4 N–H and O–H groups in total. The van der Waals surface area contributed by atoms with Crippen LogP contribution >= 0.6 is 0 Å². The number of phenols is 1. The highest BCUT2D eigenvalue weighted by atomic mass is 16.6. The summed E-state index contributed by atoms with van der Waals surface area (Å²) in [5.41, 5.74) is 1.86. The SMILES string of the molecule is Cc1cccc(C)c1NC(=O)C(c1cccc(O)c1)N(C)C(=O)C(CO)NC(=O)OC(C)(C)C. The molecule has 9 nitrogen and oxygen atoms in total. The van der Waals surface area contributed by atoms with Gasteiger partial charge in [0.15, 0.2) is 0 Å². The van der Waals surface area contributed by atoms with E-state index in [4.69, 9.17) is 4.74 Å². The molecular weight excluding hydrogens is 438 g/mol. The van der Waals surface area contributed by atoms with Crippen LogP contribution in [0.15, 0.2) is 42.5 Å². The van der Waals surface area contributed by atoms with Crippen LogP contribution in [0.2, 0.25) is 0 Å². The van der Waals surface area contributed by atoms with Crippen molar-refractivity contribution in [2.45, 2.75) is 52.3 Å². The van der Waals surface area contributed by atoms with Crippen LogP contribution in [-0.2, 0) is 14.3 Å². The Morgan fingerprint density at radius 2 is 1.65 bits per heavy atom. The standard InChI is InChI=1S/C25H33N3O6/c1-15-9-7-10-16(2)20(15)27-22(31)21(17-11-8-12-18(30)13-17)28(6)23(32)19(14-29)26-24(33)34-25(3,4)5/h7-13,19,21,29-30H,14H2,1-6H3,(H,26,33)(H,27,31). The molecule has 0 fully saturated rings. The zero-order valence-electron chi connectivity index (χ0n) is 20.4. The third-order valence-corrected chi connectivity index (χ3v) is 5.07. The highest BCUT2D eigenvalue weighted by Crippen LogP contribution is 2.27. The van der Waals surface area contributed by atoms with Gasteiger partial charge < -0.3 is 30.5 Å². The number of para-hydroxylation sites is 1. The van der Waals surface area contributed by atoms with Gasteiger partial charge in [-0.2, -0.15) is 0 Å². The van der Waals surface area contributed by atoms with Crippen molar-refractivity contribution in [2.75, 3.05) is 19.0 Å². The van der Waals surface area contributed by atoms with E-state index in [1.807, 2.05) is 32.0 Å². The number of anilines is 1. The van der Waals surface area contributed by atoms with Crippen molar-refractivity contribution < 1.29 is 29.3 Å². The summed E-state index contributed by atoms with van der Waals surface area (Å²) >= 11 is 0. The van der Waals surface area contributed by atoms with Gasteiger partial charge in [-0.05, 0) is 63.4 Å². The summed E-state index contributed by atoms with van der Waals surface area (Å²) in [5, 5.41) is 25.0. The number of alkyl carbamates (subject to hydrolysis) is 1. The number of aromatic hydroxyl groups is 1. The quantitative estimate of drug-likeness (QED) is 0.491. The average molecular weight is 472 g/mol. The number of aliphatic hydroxyl groups excluding tert-OH is 1. The van der Waals surface area contributed by atoms with Crippen LogP contribution in [0.4, 0.5) is 10.5 Å². The van der Waals surface area contributed by atoms with E-state index in [1.165, 1.54) is 19.2 Å². The van der Waals surface area contributed by atoms with Crippen molar-refractivity contribution >= 4 is 23.6 Å². The van der Waals surface area contributed by atoms with Gasteiger partial charge in [0.05, 0.1) is 6.61 Å². The number of likely N-dealkylation sites (N-methyl/N-ethyl adjacent to an activating group) is 1. The van der Waals surface area contributed by atoms with Gasteiger partial charge in [0.25, 0.3) is 5.91 Å². The number of benzene rings is 2. The van der Waals surface area contributed by atoms with Crippen molar-refractivity contribution in [2.24, 2.45) is 0 Å². The van der Waals surface area contributed by atoms with Crippen LogP contribution in [0.1, 0.15) is 43.5 Å². The van der Waals surface area contributed by atoms with Crippen molar-refractivity contribution in [3.63, 3.8) is 0 Å². The molecule has 0 radical (unpaired) electrons. The van der Waals surface area contributed by atoms with E-state index in [2.05, 4.69) is 10.6 Å². The molecule has 2 atom stereocenters. The predicted octanol–water partition coefficient (Wildman–Crippen LogP) is 3.03. The molecule has 9 heteroatoms. The summed E-state index contributed by atoms with van der Waals surface area (Å²) in [6.45, 7) is 8.02. The van der Waals surface area contributed by atoms with Crippen LogP contribution in [0.5, 0.6) is 5.75 Å². The van der Waals surface area contributed by atoms with Gasteiger partial charge in [0.2, 0.25) is 5.91 Å². The summed E-state index contributed by atoms with van der Waals surface area (Å²) in [6, 6.07) is 9.08. The highest BCUT2D eigenvalue weighted by Gasteiger charge is 2.34. The van der Waals surface area contributed by atoms with Crippen molar-refractivity contribution in [3.05, 3.63) is 59.2 Å². The number of nitrogens with zero attached hydrogens (tertiary/aromatic N) is 1. The number of nitrogens with one attached hydrogen (secondary N) is 2. The second-order valence-corrected chi connectivity index (χ2v) is 9.08. The van der Waals surface area contributed by atoms with Crippen LogP contribution in [0.25, 0.3) is 0 Å². The van der Waals surface area contributed by atoms with Crippen molar-refractivity contribution in [1.82, 2.24) is 10.2 Å². The number of aryl methyl sites for hydroxylation is 2. The smallest absolute Gasteiger partial charge is 0.408 e. The fourth-order valence-corrected chi connectivity index (χ4v) is 3.46. The molecule has 0 spiro atoms. The first-order valence-corrected chi connectivity index (χ1v) is 10.9. The second kappa shape index (κ2) is 11.0. The summed E-state index contributed by atoms with van der Waals surface area (Å²) in [5.74, 6) is -1.31. The molecule has 0 saturated carbocycles. The van der Waals surface area contributed by atoms with Crippen molar-refractivity contribution in [3.8, 4) is 5.75 Å². The zero-order valence-corrected chi connectivity index (χ0v) is 20.4. The van der Waals surface area contributed by atoms with Crippen LogP contribution in [0, 0.1) is 13.8 Å². The molecule has 0 aliphatic carbocycles. The Morgan fingerprint density at radius 3 is 2.18 bits per heavy atom. The number of aliphatic hydroxyl groups is 1. The number of amides is 3. The van der Waals surface area contributed by atoms with E-state index in [-0.39, 0.29) is 5.75 Å². The molecule has 0 heterocycles. The van der Waals surface area contributed by atoms with Crippen LogP contribution < -0.4 is 10.6 Å². The first-order valence-electron chi connectivity index (χ1n) is 10.9. The van der Waals surface area contributed by atoms with E-state index >= 15 is 0 Å². The lowest BCUT2D eigenvalue weighted by molar-refractivity contribution is -0.139. The molecule has 0 aliphatic rings. The summed E-state index contributed by atoms with van der Waals surface area (Å²) in [7, 11) is 1.39. The molecule has 2 aromatic rings. The molecule has 34 heavy (non-hydrogen) atoms. The van der Waals surface area contributed by atoms with Gasteiger partial charge in [-0.1, -0.05) is 30.3 Å². The Kier molecular flexibility index (Phi) is 8.64. The first-order chi connectivity index (χ1) is 15.8. The maximum Gasteiger partial charge on any atom is 0.408 e. The lowest BCUT2D eigenvalue weighted by atomic mass is 10.0. The van der Waals surface area contributed by atoms with Gasteiger partial charge in [-0.25, -0.2) is 4.79 Å². The molecule has 3 amide bonds. The number of hydrogen-bond donors (Lipinski definition) is 4. The maximum absolute atomic E-state index is 13.4. The number of hydrogen-bond acceptors (Lipinski definition) is 6. The Bertz CT molecular complexity index is 1030. The van der Waals surface area contributed by atoms with E-state index in [1.54, 1.807) is 32.9 Å². The monoisotopic (exact) mass is 471 g/mol. The van der Waals surface area contributed by atoms with E-state index in [9.17, 15) is 24.6 Å². The van der Waals surface area contributed by atoms with Gasteiger partial charge in [0, 0.05) is 12.7 Å². The molecular formula is C25H33N3O6. The fourth-order valence-electron chi connectivity index (χ4n) is 3.46. The second-order valence-electron chi connectivity index (χ2n) is 9.08. The lowest BCUT2D eigenvalue weighted by Gasteiger charge is -2.31. The Labute approximate surface area is 199 Å². The minimum atomic E-state index is -1.34. The largest absolute Gasteiger partial charge is 0.508 e. The maximum atomic E-state index is 13.4. The van der Waals surface area contributed by atoms with E-state index in [0.29, 0.717) is 11.3 Å². The molecule has 2 rings (SSSR count). The van der Waals surface area contributed by atoms with Gasteiger partial charge in [-0.3, -0.25) is 9.59 Å². The number of ether oxygens (including phenoxy) is 1. The summed E-state index contributed by atoms with van der Waals surface area (Å²) in [6.07, 6.45) is -0.873. The Balaban J connectivity index is 2.37. The Hall–Kier alpha value is -3.59. The molecule has 2 unspecified atom stereocenters. The van der Waals surface area contributed by atoms with Gasteiger partial charge >= 0.3 is 6.09 Å². The molecule has 0 bridgehead atoms. The van der Waals surface area contributed by atoms with Gasteiger partial charge in [-0.15, -0.1) is 0 Å². The van der Waals surface area contributed by atoms with Crippen LogP contribution in [0.3, 0.4) is 0 Å². The minimum Gasteiger partial charge on any atom is -0.508 e. The number of phenolic OH excluding ortho intramolecular Hbond substituents is 1. The first kappa shape index (κ1) is 26.7. The van der Waals surface area contributed by atoms with Gasteiger partial charge in [0.1, 0.15) is 23.4 Å². The third-order valence-electron chi connectivity index (χ3n) is 5.07. The highest BCUT2D eigenvalue weighted by molar-refractivity contribution is 5.99. The number of carbonyl (C=O) groups excluding carboxylic acids is 3. The molecule has 184 valence electrons. The average Bonchev–Trinajstić information content (AvgIpc) is 2.73. The predicted molar refractivity (Wildman–Crippen MR) is 128 cm³/mol. The number of rotatable bonds is 7. The normalized spacial score (nSPS) is 12.9. The fraction of sp³-hybridized carbons (Fsp3) is 0.400.